The Morgan fingerprint density at radius 2 is 2.00 bits per heavy atom. The van der Waals surface area contributed by atoms with Crippen LogP contribution in [0.25, 0.3) is 0 Å². The molecule has 1 aliphatic rings. The number of rotatable bonds is 6. The van der Waals surface area contributed by atoms with E-state index in [9.17, 15) is 0 Å². The van der Waals surface area contributed by atoms with Crippen molar-refractivity contribution in [3.63, 3.8) is 0 Å². The van der Waals surface area contributed by atoms with E-state index in [1.165, 1.54) is 12.8 Å². The summed E-state index contributed by atoms with van der Waals surface area (Å²) >= 11 is 0. The molecule has 0 bridgehead atoms. The van der Waals surface area contributed by atoms with E-state index in [2.05, 4.69) is 36.0 Å². The van der Waals surface area contributed by atoms with E-state index in [0.29, 0.717) is 0 Å². The highest BCUT2D eigenvalue weighted by Crippen LogP contribution is 2.15. The van der Waals surface area contributed by atoms with Gasteiger partial charge in [0.2, 0.25) is 0 Å². The van der Waals surface area contributed by atoms with Crippen molar-refractivity contribution in [1.29, 1.82) is 0 Å². The monoisotopic (exact) mass is 269 g/mol. The maximum atomic E-state index is 5.61. The van der Waals surface area contributed by atoms with Crippen molar-refractivity contribution in [3.8, 4) is 0 Å². The van der Waals surface area contributed by atoms with Crippen molar-refractivity contribution in [2.75, 3.05) is 39.9 Å². The molecule has 0 radical (unpaired) electrons. The standard InChI is InChI=1S/C15H31N3O/c1-13(2)7-11-19-12-8-17-15(16-4)18-9-5-14(3)6-10-18/h13-14H,5-12H2,1-4H3,(H,16,17). The predicted molar refractivity (Wildman–Crippen MR) is 81.6 cm³/mol. The smallest absolute Gasteiger partial charge is 0.193 e. The van der Waals surface area contributed by atoms with E-state index < -0.39 is 0 Å². The number of nitrogens with zero attached hydrogens (tertiary/aromatic N) is 2. The van der Waals surface area contributed by atoms with Crippen molar-refractivity contribution in [3.05, 3.63) is 0 Å². The summed E-state index contributed by atoms with van der Waals surface area (Å²) in [5.41, 5.74) is 0. The molecular weight excluding hydrogens is 238 g/mol. The van der Waals surface area contributed by atoms with Crippen LogP contribution in [0.2, 0.25) is 0 Å². The number of ether oxygens (including phenoxy) is 1. The van der Waals surface area contributed by atoms with Gasteiger partial charge in [-0.25, -0.2) is 0 Å². The highest BCUT2D eigenvalue weighted by Gasteiger charge is 2.18. The molecule has 0 aliphatic carbocycles. The Hall–Kier alpha value is -0.770. The average molecular weight is 269 g/mol. The van der Waals surface area contributed by atoms with Gasteiger partial charge < -0.3 is 15.0 Å². The second-order valence-electron chi connectivity index (χ2n) is 5.94. The lowest BCUT2D eigenvalue weighted by Gasteiger charge is -2.32. The summed E-state index contributed by atoms with van der Waals surface area (Å²) in [6, 6.07) is 0. The van der Waals surface area contributed by atoms with Gasteiger partial charge in [-0.05, 0) is 31.1 Å². The second-order valence-corrected chi connectivity index (χ2v) is 5.94. The Balaban J connectivity index is 2.12. The zero-order valence-corrected chi connectivity index (χ0v) is 13.1. The SMILES string of the molecule is CN=C(NCCOCCC(C)C)N1CCC(C)CC1. The number of piperidine rings is 1. The van der Waals surface area contributed by atoms with Crippen LogP contribution >= 0.6 is 0 Å². The third-order valence-electron chi connectivity index (χ3n) is 3.66. The maximum Gasteiger partial charge on any atom is 0.193 e. The number of aliphatic imine (C=N–C) groups is 1. The summed E-state index contributed by atoms with van der Waals surface area (Å²) in [6.45, 7) is 11.5. The first-order chi connectivity index (χ1) is 9.13. The van der Waals surface area contributed by atoms with Gasteiger partial charge in [-0.1, -0.05) is 20.8 Å². The van der Waals surface area contributed by atoms with Gasteiger partial charge >= 0.3 is 0 Å². The molecule has 0 saturated carbocycles. The number of hydrogen-bond donors (Lipinski definition) is 1. The molecule has 4 nitrogen and oxygen atoms in total. The van der Waals surface area contributed by atoms with Gasteiger partial charge in [0.15, 0.2) is 5.96 Å². The third-order valence-corrected chi connectivity index (χ3v) is 3.66. The van der Waals surface area contributed by atoms with Gasteiger partial charge in [-0.15, -0.1) is 0 Å². The van der Waals surface area contributed by atoms with Crippen LogP contribution in [-0.4, -0.2) is 50.8 Å². The molecular formula is C15H31N3O. The van der Waals surface area contributed by atoms with Crippen LogP contribution in [-0.2, 0) is 4.74 Å². The Bertz CT molecular complexity index is 258. The molecule has 1 rings (SSSR count). The van der Waals surface area contributed by atoms with Crippen molar-refractivity contribution < 1.29 is 4.74 Å². The first kappa shape index (κ1) is 16.3. The lowest BCUT2D eigenvalue weighted by atomic mass is 10.00. The first-order valence-electron chi connectivity index (χ1n) is 7.66. The van der Waals surface area contributed by atoms with E-state index in [1.54, 1.807) is 0 Å². The van der Waals surface area contributed by atoms with Crippen LogP contribution in [0.4, 0.5) is 0 Å². The molecule has 1 N–H and O–H groups in total. The topological polar surface area (TPSA) is 36.9 Å². The Morgan fingerprint density at radius 3 is 2.58 bits per heavy atom. The molecule has 0 amide bonds. The minimum absolute atomic E-state index is 0.719. The predicted octanol–water partition coefficient (Wildman–Crippen LogP) is 2.36. The molecule has 0 aromatic carbocycles. The molecule has 0 unspecified atom stereocenters. The summed E-state index contributed by atoms with van der Waals surface area (Å²) in [5, 5.41) is 3.39. The molecule has 0 aromatic rings. The number of likely N-dealkylation sites (tertiary alicyclic amines) is 1. The van der Waals surface area contributed by atoms with Crippen LogP contribution in [0.5, 0.6) is 0 Å². The van der Waals surface area contributed by atoms with Gasteiger partial charge in [-0.2, -0.15) is 0 Å². The van der Waals surface area contributed by atoms with Crippen molar-refractivity contribution in [2.24, 2.45) is 16.8 Å². The molecule has 1 heterocycles. The van der Waals surface area contributed by atoms with E-state index >= 15 is 0 Å². The fourth-order valence-electron chi connectivity index (χ4n) is 2.21. The van der Waals surface area contributed by atoms with Gasteiger partial charge in [0.25, 0.3) is 0 Å². The summed E-state index contributed by atoms with van der Waals surface area (Å²) in [5.74, 6) is 2.60. The van der Waals surface area contributed by atoms with Crippen molar-refractivity contribution in [1.82, 2.24) is 10.2 Å². The summed E-state index contributed by atoms with van der Waals surface area (Å²) in [6.07, 6.45) is 3.68. The molecule has 0 atom stereocenters. The third kappa shape index (κ3) is 6.81. The zero-order valence-electron chi connectivity index (χ0n) is 13.1. The lowest BCUT2D eigenvalue weighted by Crippen LogP contribution is -2.46. The fraction of sp³-hybridized carbons (Fsp3) is 0.933. The summed E-state index contributed by atoms with van der Waals surface area (Å²) in [4.78, 5) is 6.71. The second kappa shape index (κ2) is 9.18. The van der Waals surface area contributed by atoms with E-state index in [4.69, 9.17) is 4.74 Å². The molecule has 0 spiro atoms. The molecule has 1 aliphatic heterocycles. The molecule has 112 valence electrons. The van der Waals surface area contributed by atoms with Crippen molar-refractivity contribution >= 4 is 5.96 Å². The Morgan fingerprint density at radius 1 is 1.32 bits per heavy atom. The minimum Gasteiger partial charge on any atom is -0.380 e. The van der Waals surface area contributed by atoms with Gasteiger partial charge in [-0.3, -0.25) is 4.99 Å². The Kier molecular flexibility index (Phi) is 7.87. The quantitative estimate of drug-likeness (QED) is 0.457. The molecule has 1 saturated heterocycles. The van der Waals surface area contributed by atoms with Crippen LogP contribution in [0.1, 0.15) is 40.0 Å². The van der Waals surface area contributed by atoms with Crippen LogP contribution < -0.4 is 5.32 Å². The van der Waals surface area contributed by atoms with Crippen molar-refractivity contribution in [2.45, 2.75) is 40.0 Å². The fourth-order valence-corrected chi connectivity index (χ4v) is 2.21. The first-order valence-corrected chi connectivity index (χ1v) is 7.66. The highest BCUT2D eigenvalue weighted by atomic mass is 16.5. The van der Waals surface area contributed by atoms with E-state index in [1.807, 2.05) is 7.05 Å². The van der Waals surface area contributed by atoms with Crippen LogP contribution in [0.15, 0.2) is 4.99 Å². The summed E-state index contributed by atoms with van der Waals surface area (Å²) < 4.78 is 5.61. The minimum atomic E-state index is 0.719. The normalized spacial score (nSPS) is 18.2. The van der Waals surface area contributed by atoms with Gasteiger partial charge in [0.1, 0.15) is 0 Å². The molecule has 19 heavy (non-hydrogen) atoms. The molecule has 0 aromatic heterocycles. The van der Waals surface area contributed by atoms with Crippen LogP contribution in [0, 0.1) is 11.8 Å². The van der Waals surface area contributed by atoms with E-state index in [0.717, 1.165) is 57.1 Å². The summed E-state index contributed by atoms with van der Waals surface area (Å²) in [7, 11) is 1.86. The number of guanidine groups is 1. The lowest BCUT2D eigenvalue weighted by molar-refractivity contribution is 0.127. The maximum absolute atomic E-state index is 5.61. The van der Waals surface area contributed by atoms with Gasteiger partial charge in [0.05, 0.1) is 6.61 Å². The average Bonchev–Trinajstić information content (AvgIpc) is 2.39. The number of hydrogen-bond acceptors (Lipinski definition) is 2. The van der Waals surface area contributed by atoms with Gasteiger partial charge in [0, 0.05) is 33.3 Å². The zero-order chi connectivity index (χ0) is 14.1. The van der Waals surface area contributed by atoms with E-state index in [-0.39, 0.29) is 0 Å². The molecule has 4 heteroatoms. The van der Waals surface area contributed by atoms with Crippen LogP contribution in [0.3, 0.4) is 0 Å². The molecule has 1 fully saturated rings. The number of nitrogens with one attached hydrogen (secondary N) is 1. The highest BCUT2D eigenvalue weighted by molar-refractivity contribution is 5.79. The largest absolute Gasteiger partial charge is 0.380 e. The Labute approximate surface area is 118 Å².